The number of amides is 4. The van der Waals surface area contributed by atoms with Gasteiger partial charge in [0.25, 0.3) is 11.8 Å². The smallest absolute Gasteiger partial charge is 0.260 e. The second-order valence-electron chi connectivity index (χ2n) is 12.4. The topological polar surface area (TPSA) is 116 Å². The van der Waals surface area contributed by atoms with E-state index in [1.54, 1.807) is 24.3 Å². The zero-order chi connectivity index (χ0) is 31.8. The quantitative estimate of drug-likeness (QED) is 0.304. The van der Waals surface area contributed by atoms with Crippen molar-refractivity contribution in [2.24, 2.45) is 23.7 Å². The van der Waals surface area contributed by atoms with Crippen LogP contribution in [0, 0.1) is 30.6 Å². The zero-order valence-electron chi connectivity index (χ0n) is 25.0. The van der Waals surface area contributed by atoms with E-state index in [2.05, 4.69) is 5.43 Å². The van der Waals surface area contributed by atoms with E-state index in [0.29, 0.717) is 23.2 Å². The molecule has 2 aliphatic heterocycles. The number of hydrogen-bond acceptors (Lipinski definition) is 7. The van der Waals surface area contributed by atoms with Gasteiger partial charge in [-0.25, -0.2) is 0 Å². The molecule has 0 bridgehead atoms. The number of phenolic OH excluding ortho intramolecular Hbond substituents is 1. The van der Waals surface area contributed by atoms with Crippen molar-refractivity contribution in [2.45, 2.75) is 31.1 Å². The number of hydrogen-bond donors (Lipinski definition) is 2. The van der Waals surface area contributed by atoms with Crippen molar-refractivity contribution in [2.75, 3.05) is 19.6 Å². The number of anilines is 1. The van der Waals surface area contributed by atoms with Gasteiger partial charge in [0.1, 0.15) is 0 Å². The number of benzene rings is 3. The highest BCUT2D eigenvalue weighted by molar-refractivity contribution is 6.32. The fourth-order valence-corrected chi connectivity index (χ4v) is 8.41. The second-order valence-corrected chi connectivity index (χ2v) is 12.8. The molecule has 230 valence electrons. The second kappa shape index (κ2) is 10.5. The van der Waals surface area contributed by atoms with Gasteiger partial charge >= 0.3 is 0 Å². The Kier molecular flexibility index (Phi) is 6.78. The van der Waals surface area contributed by atoms with Crippen LogP contribution >= 0.6 is 11.6 Å². The van der Waals surface area contributed by atoms with E-state index >= 15 is 4.79 Å². The number of methoxy groups -OCH3 is 1. The van der Waals surface area contributed by atoms with Gasteiger partial charge in [-0.15, -0.1) is 0 Å². The van der Waals surface area contributed by atoms with Crippen molar-refractivity contribution in [1.29, 1.82) is 0 Å². The number of ether oxygens (including phenoxy) is 1. The maximum absolute atomic E-state index is 15.1. The predicted octanol–water partition coefficient (Wildman–Crippen LogP) is 4.98. The molecule has 6 atom stereocenters. The summed E-state index contributed by atoms with van der Waals surface area (Å²) in [4.78, 5) is 57.6. The molecular formula is C35H32ClN3O6. The number of fused-ring (bicyclic) bond motifs is 4. The van der Waals surface area contributed by atoms with Gasteiger partial charge < -0.3 is 9.84 Å². The number of nitrogens with zero attached hydrogens (tertiary/aromatic N) is 2. The van der Waals surface area contributed by atoms with Crippen LogP contribution in [0.2, 0.25) is 5.02 Å². The van der Waals surface area contributed by atoms with E-state index in [4.69, 9.17) is 16.3 Å². The number of halogens is 1. The lowest BCUT2D eigenvalue weighted by Crippen LogP contribution is -2.53. The van der Waals surface area contributed by atoms with Crippen LogP contribution in [0.15, 0.2) is 78.4 Å². The number of allylic oxidation sites excluding steroid dienone is 2. The number of aryl methyl sites for hydroxylation is 1. The molecule has 0 radical (unpaired) electrons. The highest BCUT2D eigenvalue weighted by atomic mass is 35.5. The summed E-state index contributed by atoms with van der Waals surface area (Å²) in [6, 6.07) is 19.9. The summed E-state index contributed by atoms with van der Waals surface area (Å²) in [6.45, 7) is 1.95. The molecule has 7 rings (SSSR count). The normalized spacial score (nSPS) is 28.9. The SMILES string of the molecule is COc1cc([C@H]2C3=CC[C@@H]4C(=O)N(C)C(=O)[C@@H]4[C@@H]3C[C@H]3C(=O)N(Nc4ccc(C)cc4)C(=O)[C@@]23c2ccccc2)cc(Cl)c1O. The van der Waals surface area contributed by atoms with Crippen molar-refractivity contribution in [3.05, 3.63) is 100 Å². The molecule has 10 heteroatoms. The number of likely N-dealkylation sites (tertiary alicyclic amines) is 1. The Morgan fingerprint density at radius 2 is 1.67 bits per heavy atom. The maximum atomic E-state index is 15.1. The molecule has 2 heterocycles. The fourth-order valence-electron chi connectivity index (χ4n) is 8.20. The Morgan fingerprint density at radius 1 is 0.956 bits per heavy atom. The number of nitrogens with one attached hydrogen (secondary N) is 1. The summed E-state index contributed by atoms with van der Waals surface area (Å²) in [6.07, 6.45) is 2.50. The van der Waals surface area contributed by atoms with Gasteiger partial charge in [0.15, 0.2) is 11.5 Å². The standard InChI is InChI=1S/C35H32ClN3O6/c1-18-9-11-21(12-10-18)37-39-32(42)25-17-24-22(13-14-23-28(24)33(43)38(2)31(23)41)29(19-15-26(36)30(40)27(16-19)45-3)35(25,34(39)44)20-7-5-4-6-8-20/h4-13,15-16,23-25,28-29,37,40H,14,17H2,1-3H3/t23-,24+,25-,28-,29-,35+/m0/s1. The van der Waals surface area contributed by atoms with E-state index in [1.165, 1.54) is 19.1 Å². The minimum absolute atomic E-state index is 0.0267. The third-order valence-corrected chi connectivity index (χ3v) is 10.5. The van der Waals surface area contributed by atoms with Gasteiger partial charge in [0.05, 0.1) is 41.0 Å². The van der Waals surface area contributed by atoms with E-state index in [0.717, 1.165) is 16.1 Å². The number of rotatable bonds is 5. The Labute approximate surface area is 265 Å². The van der Waals surface area contributed by atoms with Gasteiger partial charge in [-0.2, -0.15) is 5.01 Å². The summed E-state index contributed by atoms with van der Waals surface area (Å²) in [5.74, 6) is -4.82. The number of phenols is 1. The molecule has 9 nitrogen and oxygen atoms in total. The molecule has 2 aliphatic carbocycles. The number of carbonyl (C=O) groups is 4. The molecule has 0 spiro atoms. The molecular weight excluding hydrogens is 594 g/mol. The number of imide groups is 2. The van der Waals surface area contributed by atoms with Gasteiger partial charge in [-0.3, -0.25) is 29.5 Å². The van der Waals surface area contributed by atoms with Crippen LogP contribution in [-0.2, 0) is 24.6 Å². The van der Waals surface area contributed by atoms with Crippen LogP contribution in [0.1, 0.15) is 35.4 Å². The van der Waals surface area contributed by atoms with Crippen LogP contribution in [0.5, 0.6) is 11.5 Å². The fraction of sp³-hybridized carbons (Fsp3) is 0.314. The monoisotopic (exact) mass is 625 g/mol. The van der Waals surface area contributed by atoms with Crippen molar-refractivity contribution in [1.82, 2.24) is 9.91 Å². The van der Waals surface area contributed by atoms with Crippen molar-refractivity contribution in [3.63, 3.8) is 0 Å². The maximum Gasteiger partial charge on any atom is 0.260 e. The summed E-state index contributed by atoms with van der Waals surface area (Å²) < 4.78 is 5.48. The number of hydrazine groups is 1. The van der Waals surface area contributed by atoms with Crippen LogP contribution in [0.25, 0.3) is 0 Å². The molecule has 2 saturated heterocycles. The van der Waals surface area contributed by atoms with Crippen molar-refractivity contribution < 1.29 is 29.0 Å². The van der Waals surface area contributed by atoms with Crippen molar-refractivity contribution in [3.8, 4) is 11.5 Å². The van der Waals surface area contributed by atoms with Gasteiger partial charge in [-0.1, -0.05) is 71.3 Å². The lowest BCUT2D eigenvalue weighted by atomic mass is 9.49. The average molecular weight is 626 g/mol. The summed E-state index contributed by atoms with van der Waals surface area (Å²) >= 11 is 6.56. The minimum atomic E-state index is -1.44. The Bertz CT molecular complexity index is 1790. The first kappa shape index (κ1) is 29.1. The van der Waals surface area contributed by atoms with Crippen LogP contribution < -0.4 is 10.2 Å². The van der Waals surface area contributed by atoms with Gasteiger partial charge in [-0.05, 0) is 61.1 Å². The molecule has 4 aliphatic rings. The number of carbonyl (C=O) groups excluding carboxylic acids is 4. The average Bonchev–Trinajstić information content (AvgIpc) is 3.40. The lowest BCUT2D eigenvalue weighted by molar-refractivity contribution is -0.140. The van der Waals surface area contributed by atoms with E-state index in [-0.39, 0.29) is 34.8 Å². The first-order valence-corrected chi connectivity index (χ1v) is 15.3. The molecule has 0 unspecified atom stereocenters. The summed E-state index contributed by atoms with van der Waals surface area (Å²) in [5.41, 5.74) is 5.24. The molecule has 1 saturated carbocycles. The van der Waals surface area contributed by atoms with E-state index in [1.807, 2.05) is 55.5 Å². The van der Waals surface area contributed by atoms with Gasteiger partial charge in [0, 0.05) is 13.0 Å². The highest BCUT2D eigenvalue weighted by Gasteiger charge is 2.70. The summed E-state index contributed by atoms with van der Waals surface area (Å²) in [5, 5.41) is 11.8. The third kappa shape index (κ3) is 4.06. The lowest BCUT2D eigenvalue weighted by Gasteiger charge is -2.50. The molecule has 0 aromatic heterocycles. The molecule has 3 aromatic rings. The molecule has 3 aromatic carbocycles. The minimum Gasteiger partial charge on any atom is -0.503 e. The Hall–Kier alpha value is -4.63. The van der Waals surface area contributed by atoms with E-state index in [9.17, 15) is 19.5 Å². The van der Waals surface area contributed by atoms with Gasteiger partial charge in [0.2, 0.25) is 11.8 Å². The van der Waals surface area contributed by atoms with Crippen molar-refractivity contribution >= 4 is 40.9 Å². The predicted molar refractivity (Wildman–Crippen MR) is 166 cm³/mol. The third-order valence-electron chi connectivity index (χ3n) is 10.2. The van der Waals surface area contributed by atoms with Crippen LogP contribution in [0.3, 0.4) is 0 Å². The molecule has 2 N–H and O–H groups in total. The van der Waals surface area contributed by atoms with E-state index < -0.39 is 46.8 Å². The largest absolute Gasteiger partial charge is 0.503 e. The summed E-state index contributed by atoms with van der Waals surface area (Å²) in [7, 11) is 2.91. The number of aromatic hydroxyl groups is 1. The Morgan fingerprint density at radius 3 is 2.36 bits per heavy atom. The van der Waals surface area contributed by atoms with Crippen LogP contribution in [-0.4, -0.2) is 52.8 Å². The molecule has 3 fully saturated rings. The van der Waals surface area contributed by atoms with Crippen LogP contribution in [0.4, 0.5) is 5.69 Å². The Balaban J connectivity index is 1.49. The first-order valence-electron chi connectivity index (χ1n) is 14.9. The molecule has 4 amide bonds. The highest BCUT2D eigenvalue weighted by Crippen LogP contribution is 2.64. The first-order chi connectivity index (χ1) is 21.6. The molecule has 45 heavy (non-hydrogen) atoms. The zero-order valence-corrected chi connectivity index (χ0v) is 25.7.